The third kappa shape index (κ3) is 11.1. The summed E-state index contributed by atoms with van der Waals surface area (Å²) in [6.45, 7) is 8.89. The van der Waals surface area contributed by atoms with E-state index in [0.717, 1.165) is 5.56 Å². The van der Waals surface area contributed by atoms with Crippen molar-refractivity contribution < 1.29 is 28.7 Å². The van der Waals surface area contributed by atoms with Gasteiger partial charge in [-0.15, -0.1) is 0 Å². The van der Waals surface area contributed by atoms with Gasteiger partial charge in [0.15, 0.2) is 6.10 Å². The number of benzene rings is 2. The fourth-order valence-corrected chi connectivity index (χ4v) is 4.83. The number of esters is 2. The number of cyclic esters (lactones) is 2. The van der Waals surface area contributed by atoms with Crippen molar-refractivity contribution >= 4 is 47.1 Å². The Balaban J connectivity index is 1.93. The maximum atomic E-state index is 13.5. The fraction of sp³-hybridized carbons (Fsp3) is 0.429. The Morgan fingerprint density at radius 3 is 2.42 bits per heavy atom. The number of hydrogen-bond acceptors (Lipinski definition) is 7. The van der Waals surface area contributed by atoms with Crippen LogP contribution in [0.1, 0.15) is 58.6 Å². The van der Waals surface area contributed by atoms with Crippen molar-refractivity contribution in [2.24, 2.45) is 17.3 Å². The average Bonchev–Trinajstić information content (AvgIpc) is 2.99. The minimum Gasteiger partial charge on any atom is -0.459 e. The summed E-state index contributed by atoms with van der Waals surface area (Å²) in [6, 6.07) is 13.7. The second-order valence-electron chi connectivity index (χ2n) is 12.5. The number of amides is 2. The monoisotopic (exact) mass is 637 g/mol. The molecule has 0 fully saturated rings. The van der Waals surface area contributed by atoms with Gasteiger partial charge in [-0.2, -0.15) is 0 Å². The number of nitrogens with two attached hydrogens (primary N) is 1. The number of carbonyl (C=O) groups is 4. The number of hydrogen-bond donors (Lipinski definition) is 3. The minimum absolute atomic E-state index is 0.0313. The molecule has 242 valence electrons. The Bertz CT molecular complexity index is 1410. The Labute approximate surface area is 270 Å². The molecule has 0 saturated carbocycles. The largest absolute Gasteiger partial charge is 0.459 e. The molecular weight excluding hydrogens is 594 g/mol. The van der Waals surface area contributed by atoms with Crippen LogP contribution in [0.3, 0.4) is 0 Å². The Hall–Kier alpha value is -4.11. The molecule has 0 saturated heterocycles. The number of anilines is 1. The summed E-state index contributed by atoms with van der Waals surface area (Å²) in [7, 11) is 0. The van der Waals surface area contributed by atoms with E-state index in [1.165, 1.54) is 6.08 Å². The molecule has 1 aliphatic rings. The van der Waals surface area contributed by atoms with Gasteiger partial charge in [0.2, 0.25) is 11.8 Å². The van der Waals surface area contributed by atoms with Crippen molar-refractivity contribution in [1.29, 1.82) is 0 Å². The molecule has 1 heterocycles. The van der Waals surface area contributed by atoms with Crippen LogP contribution in [-0.4, -0.2) is 48.5 Å². The molecule has 4 atom stereocenters. The molecule has 2 aromatic carbocycles. The van der Waals surface area contributed by atoms with Gasteiger partial charge in [0, 0.05) is 25.3 Å². The molecule has 45 heavy (non-hydrogen) atoms. The number of halogens is 1. The molecule has 0 radical (unpaired) electrons. The third-order valence-electron chi connectivity index (χ3n) is 7.48. The van der Waals surface area contributed by atoms with Gasteiger partial charge in [0.25, 0.3) is 0 Å². The standard InChI is InChI=1S/C35H44ClN3O6/c1-22(2)18-30-33(42)44-29(23(3)14-15-24-10-7-6-8-11-24)12-9-13-31(40)39-28(20-25-16-17-27(37)26(36)19-25)32(41)38-21-35(4,5)34(43)45-30/h6-11,13-17,19,22-23,28-30H,12,18,20-21,37H2,1-5H3,(H,38,41)(H,39,40)/b13-9+,15-14+/t23-,28-,29+,30+/m1/s1. The van der Waals surface area contributed by atoms with Gasteiger partial charge in [-0.05, 0) is 55.5 Å². The zero-order valence-corrected chi connectivity index (χ0v) is 27.3. The summed E-state index contributed by atoms with van der Waals surface area (Å²) in [5, 5.41) is 5.84. The van der Waals surface area contributed by atoms with Crippen LogP contribution in [-0.2, 0) is 35.1 Å². The van der Waals surface area contributed by atoms with Crippen molar-refractivity contribution in [2.75, 3.05) is 12.3 Å². The quantitative estimate of drug-likeness (QED) is 0.278. The van der Waals surface area contributed by atoms with Crippen LogP contribution >= 0.6 is 11.6 Å². The maximum absolute atomic E-state index is 13.5. The molecule has 0 aromatic heterocycles. The van der Waals surface area contributed by atoms with E-state index < -0.39 is 47.4 Å². The number of nitrogen functional groups attached to an aromatic ring is 1. The molecule has 0 aliphatic carbocycles. The van der Waals surface area contributed by atoms with E-state index in [-0.39, 0.29) is 37.6 Å². The molecule has 0 unspecified atom stereocenters. The smallest absolute Gasteiger partial charge is 0.347 e. The first-order chi connectivity index (χ1) is 21.2. The molecule has 10 heteroatoms. The summed E-state index contributed by atoms with van der Waals surface area (Å²) in [5.41, 5.74) is 6.72. The highest BCUT2D eigenvalue weighted by atomic mass is 35.5. The molecule has 0 spiro atoms. The van der Waals surface area contributed by atoms with Crippen LogP contribution in [0.25, 0.3) is 6.08 Å². The zero-order chi connectivity index (χ0) is 33.1. The first kappa shape index (κ1) is 35.4. The number of carbonyl (C=O) groups excluding carboxylic acids is 4. The van der Waals surface area contributed by atoms with E-state index in [1.807, 2.05) is 63.3 Å². The molecule has 0 bridgehead atoms. The van der Waals surface area contributed by atoms with Crippen molar-refractivity contribution in [3.8, 4) is 0 Å². The van der Waals surface area contributed by atoms with Crippen LogP contribution in [0, 0.1) is 17.3 Å². The lowest BCUT2D eigenvalue weighted by atomic mass is 9.93. The number of rotatable bonds is 7. The van der Waals surface area contributed by atoms with E-state index in [2.05, 4.69) is 10.6 Å². The normalized spacial score (nSPS) is 23.1. The third-order valence-corrected chi connectivity index (χ3v) is 7.80. The number of ether oxygens (including phenoxy) is 2. The fourth-order valence-electron chi connectivity index (χ4n) is 4.63. The average molecular weight is 638 g/mol. The van der Waals surface area contributed by atoms with E-state index >= 15 is 0 Å². The Morgan fingerprint density at radius 2 is 1.76 bits per heavy atom. The first-order valence-electron chi connectivity index (χ1n) is 15.2. The van der Waals surface area contributed by atoms with Crippen LogP contribution < -0.4 is 16.4 Å². The van der Waals surface area contributed by atoms with Crippen molar-refractivity contribution in [1.82, 2.24) is 10.6 Å². The lowest BCUT2D eigenvalue weighted by molar-refractivity contribution is -0.178. The topological polar surface area (TPSA) is 137 Å². The van der Waals surface area contributed by atoms with E-state index in [9.17, 15) is 19.2 Å². The van der Waals surface area contributed by atoms with Gasteiger partial charge in [-0.25, -0.2) is 4.79 Å². The van der Waals surface area contributed by atoms with Crippen LogP contribution in [0.2, 0.25) is 5.02 Å². The lowest BCUT2D eigenvalue weighted by Crippen LogP contribution is -2.51. The lowest BCUT2D eigenvalue weighted by Gasteiger charge is -2.29. The molecule has 2 aromatic rings. The van der Waals surface area contributed by atoms with E-state index in [4.69, 9.17) is 26.8 Å². The second kappa shape index (κ2) is 16.3. The predicted molar refractivity (Wildman–Crippen MR) is 176 cm³/mol. The van der Waals surface area contributed by atoms with Gasteiger partial charge >= 0.3 is 11.9 Å². The summed E-state index contributed by atoms with van der Waals surface area (Å²) in [4.78, 5) is 53.2. The molecule has 3 rings (SSSR count). The van der Waals surface area contributed by atoms with Gasteiger partial charge in [0.05, 0.1) is 16.1 Å². The van der Waals surface area contributed by atoms with Crippen molar-refractivity contribution in [3.05, 3.63) is 82.9 Å². The summed E-state index contributed by atoms with van der Waals surface area (Å²) < 4.78 is 11.7. The Morgan fingerprint density at radius 1 is 1.04 bits per heavy atom. The first-order valence-corrected chi connectivity index (χ1v) is 15.6. The van der Waals surface area contributed by atoms with Crippen LogP contribution in [0.15, 0.2) is 66.8 Å². The highest BCUT2D eigenvalue weighted by Crippen LogP contribution is 2.24. The SMILES string of the molecule is CC(C)C[C@@H]1OC(=O)C(C)(C)CNC(=O)[C@@H](Cc2ccc(N)c(Cl)c2)NC(=O)/C=C/C[C@@H]([C@H](C)/C=C/c2ccccc2)OC1=O. The minimum atomic E-state index is -1.19. The summed E-state index contributed by atoms with van der Waals surface area (Å²) >= 11 is 6.19. The second-order valence-corrected chi connectivity index (χ2v) is 12.9. The highest BCUT2D eigenvalue weighted by Gasteiger charge is 2.37. The Kier molecular flexibility index (Phi) is 12.8. The zero-order valence-electron chi connectivity index (χ0n) is 26.5. The molecule has 1 aliphatic heterocycles. The maximum Gasteiger partial charge on any atom is 0.347 e. The summed E-state index contributed by atoms with van der Waals surface area (Å²) in [5.74, 6) is -2.53. The predicted octanol–water partition coefficient (Wildman–Crippen LogP) is 5.27. The molecule has 9 nitrogen and oxygen atoms in total. The van der Waals surface area contributed by atoms with Crippen molar-refractivity contribution in [2.45, 2.75) is 72.1 Å². The van der Waals surface area contributed by atoms with Crippen molar-refractivity contribution in [3.63, 3.8) is 0 Å². The molecule has 4 N–H and O–H groups in total. The van der Waals surface area contributed by atoms with Gasteiger partial charge < -0.3 is 25.8 Å². The summed E-state index contributed by atoms with van der Waals surface area (Å²) in [6.07, 6.45) is 5.61. The molecule has 2 amide bonds. The number of nitrogens with one attached hydrogen (secondary N) is 2. The van der Waals surface area contributed by atoms with E-state index in [1.54, 1.807) is 38.1 Å². The van der Waals surface area contributed by atoms with Crippen LogP contribution in [0.4, 0.5) is 5.69 Å². The van der Waals surface area contributed by atoms with E-state index in [0.29, 0.717) is 16.3 Å². The van der Waals surface area contributed by atoms with Gasteiger partial charge in [0.1, 0.15) is 12.1 Å². The van der Waals surface area contributed by atoms with Gasteiger partial charge in [-0.1, -0.05) is 87.0 Å². The molecular formula is C35H44ClN3O6. The van der Waals surface area contributed by atoms with Gasteiger partial charge in [-0.3, -0.25) is 14.4 Å². The highest BCUT2D eigenvalue weighted by molar-refractivity contribution is 6.33. The van der Waals surface area contributed by atoms with Crippen LogP contribution in [0.5, 0.6) is 0 Å².